The molecule has 2 aromatic carbocycles. The van der Waals surface area contributed by atoms with E-state index in [0.717, 1.165) is 16.2 Å². The van der Waals surface area contributed by atoms with E-state index in [1.165, 1.54) is 17.0 Å². The molecule has 0 unspecified atom stereocenters. The maximum absolute atomic E-state index is 13.4. The van der Waals surface area contributed by atoms with E-state index in [2.05, 4.69) is 11.4 Å². The van der Waals surface area contributed by atoms with Crippen molar-refractivity contribution in [3.05, 3.63) is 81.8 Å². The number of anilines is 1. The molecule has 122 valence electrons. The van der Waals surface area contributed by atoms with Gasteiger partial charge in [0.15, 0.2) is 0 Å². The summed E-state index contributed by atoms with van der Waals surface area (Å²) in [5, 5.41) is 4.85. The maximum Gasteiger partial charge on any atom is 0.256 e. The largest absolute Gasteiger partial charge is 0.322 e. The summed E-state index contributed by atoms with van der Waals surface area (Å²) in [7, 11) is 0. The molecule has 0 spiro atoms. The molecule has 1 amide bonds. The summed E-state index contributed by atoms with van der Waals surface area (Å²) in [6.45, 7) is 1.84. The molecule has 0 atom stereocenters. The quantitative estimate of drug-likeness (QED) is 0.590. The molecular formula is C19H16FNOS2. The van der Waals surface area contributed by atoms with E-state index >= 15 is 0 Å². The fourth-order valence-corrected chi connectivity index (χ4v) is 4.07. The summed E-state index contributed by atoms with van der Waals surface area (Å²) in [6, 6.07) is 16.0. The lowest BCUT2D eigenvalue weighted by atomic mass is 10.1. The van der Waals surface area contributed by atoms with Gasteiger partial charge in [-0.3, -0.25) is 4.79 Å². The van der Waals surface area contributed by atoms with Crippen LogP contribution in [-0.4, -0.2) is 5.91 Å². The number of thioether (sulfide) groups is 1. The zero-order chi connectivity index (χ0) is 16.9. The van der Waals surface area contributed by atoms with Gasteiger partial charge < -0.3 is 5.32 Å². The summed E-state index contributed by atoms with van der Waals surface area (Å²) in [6.07, 6.45) is 0. The predicted octanol–water partition coefficient (Wildman–Crippen LogP) is 5.74. The van der Waals surface area contributed by atoms with E-state index in [4.69, 9.17) is 0 Å². The number of benzene rings is 2. The van der Waals surface area contributed by atoms with Crippen LogP contribution in [0.3, 0.4) is 0 Å². The van der Waals surface area contributed by atoms with Gasteiger partial charge in [0.05, 0.1) is 5.56 Å². The third kappa shape index (κ3) is 4.04. The standard InChI is InChI=1S/C19H16FNOS2/c1-13-8-9-14(20)11-17(13)21-19(22)16-6-2-3-7-18(16)24-12-15-5-4-10-23-15/h2-11H,12H2,1H3,(H,21,22). The van der Waals surface area contributed by atoms with Crippen molar-refractivity contribution in [1.82, 2.24) is 0 Å². The number of hydrogen-bond acceptors (Lipinski definition) is 3. The Morgan fingerprint density at radius 2 is 2.00 bits per heavy atom. The molecule has 2 nitrogen and oxygen atoms in total. The number of thiophene rings is 1. The van der Waals surface area contributed by atoms with Crippen LogP contribution in [0.4, 0.5) is 10.1 Å². The molecule has 0 fully saturated rings. The van der Waals surface area contributed by atoms with Gasteiger partial charge in [-0.25, -0.2) is 4.39 Å². The zero-order valence-corrected chi connectivity index (χ0v) is 14.7. The lowest BCUT2D eigenvalue weighted by Gasteiger charge is -2.11. The Labute approximate surface area is 148 Å². The molecule has 0 aliphatic carbocycles. The van der Waals surface area contributed by atoms with Crippen LogP contribution in [0.2, 0.25) is 0 Å². The lowest BCUT2D eigenvalue weighted by molar-refractivity contribution is 0.102. The van der Waals surface area contributed by atoms with Crippen LogP contribution in [0.25, 0.3) is 0 Å². The van der Waals surface area contributed by atoms with Crippen molar-refractivity contribution in [3.63, 3.8) is 0 Å². The van der Waals surface area contributed by atoms with E-state index in [9.17, 15) is 9.18 Å². The van der Waals surface area contributed by atoms with E-state index in [-0.39, 0.29) is 11.7 Å². The summed E-state index contributed by atoms with van der Waals surface area (Å²) < 4.78 is 13.4. The van der Waals surface area contributed by atoms with Crippen molar-refractivity contribution in [2.75, 3.05) is 5.32 Å². The monoisotopic (exact) mass is 357 g/mol. The van der Waals surface area contributed by atoms with Crippen LogP contribution in [-0.2, 0) is 5.75 Å². The SMILES string of the molecule is Cc1ccc(F)cc1NC(=O)c1ccccc1SCc1cccs1. The molecule has 0 saturated heterocycles. The molecule has 1 N–H and O–H groups in total. The summed E-state index contributed by atoms with van der Waals surface area (Å²) in [5.41, 5.74) is 1.93. The highest BCUT2D eigenvalue weighted by Gasteiger charge is 2.13. The van der Waals surface area contributed by atoms with E-state index in [0.29, 0.717) is 11.3 Å². The summed E-state index contributed by atoms with van der Waals surface area (Å²) in [5.74, 6) is 0.232. The lowest BCUT2D eigenvalue weighted by Crippen LogP contribution is -2.14. The number of aryl methyl sites for hydroxylation is 1. The minimum atomic E-state index is -0.365. The minimum Gasteiger partial charge on any atom is -0.322 e. The third-order valence-corrected chi connectivity index (χ3v) is 5.71. The Morgan fingerprint density at radius 3 is 2.79 bits per heavy atom. The van der Waals surface area contributed by atoms with Crippen molar-refractivity contribution >= 4 is 34.7 Å². The molecule has 0 aliphatic rings. The second kappa shape index (κ2) is 7.64. The highest BCUT2D eigenvalue weighted by molar-refractivity contribution is 7.98. The van der Waals surface area contributed by atoms with Gasteiger partial charge in [-0.05, 0) is 48.2 Å². The van der Waals surface area contributed by atoms with Gasteiger partial charge in [-0.2, -0.15) is 0 Å². The molecule has 0 saturated carbocycles. The number of carbonyl (C=O) groups excluding carboxylic acids is 1. The molecule has 3 rings (SSSR count). The molecule has 0 radical (unpaired) electrons. The Balaban J connectivity index is 1.78. The number of halogens is 1. The highest BCUT2D eigenvalue weighted by Crippen LogP contribution is 2.28. The van der Waals surface area contributed by atoms with Gasteiger partial charge in [0, 0.05) is 21.2 Å². The topological polar surface area (TPSA) is 29.1 Å². The molecule has 5 heteroatoms. The summed E-state index contributed by atoms with van der Waals surface area (Å²) in [4.78, 5) is 14.8. The molecule has 1 aromatic heterocycles. The molecule has 3 aromatic rings. The Hall–Kier alpha value is -2.11. The van der Waals surface area contributed by atoms with E-state index < -0.39 is 0 Å². The second-order valence-electron chi connectivity index (χ2n) is 5.28. The predicted molar refractivity (Wildman–Crippen MR) is 99.4 cm³/mol. The van der Waals surface area contributed by atoms with Gasteiger partial charge in [-0.1, -0.05) is 24.3 Å². The number of rotatable bonds is 5. The van der Waals surface area contributed by atoms with Crippen LogP contribution in [0.5, 0.6) is 0 Å². The average Bonchev–Trinajstić information content (AvgIpc) is 3.10. The van der Waals surface area contributed by atoms with Crippen LogP contribution in [0.1, 0.15) is 20.8 Å². The molecular weight excluding hydrogens is 341 g/mol. The van der Waals surface area contributed by atoms with Crippen LogP contribution in [0, 0.1) is 12.7 Å². The first-order chi connectivity index (χ1) is 11.6. The maximum atomic E-state index is 13.4. The number of amides is 1. The van der Waals surface area contributed by atoms with Crippen molar-refractivity contribution < 1.29 is 9.18 Å². The van der Waals surface area contributed by atoms with Gasteiger partial charge in [0.2, 0.25) is 0 Å². The van der Waals surface area contributed by atoms with Crippen molar-refractivity contribution in [2.24, 2.45) is 0 Å². The minimum absolute atomic E-state index is 0.224. The molecule has 0 bridgehead atoms. The summed E-state index contributed by atoms with van der Waals surface area (Å²) >= 11 is 3.33. The normalized spacial score (nSPS) is 10.6. The first-order valence-corrected chi connectivity index (χ1v) is 9.32. The molecule has 0 aliphatic heterocycles. The van der Waals surface area contributed by atoms with Crippen LogP contribution in [0.15, 0.2) is 64.9 Å². The van der Waals surface area contributed by atoms with Crippen LogP contribution >= 0.6 is 23.1 Å². The first-order valence-electron chi connectivity index (χ1n) is 7.45. The fourth-order valence-electron chi connectivity index (χ4n) is 2.24. The van der Waals surface area contributed by atoms with Gasteiger partial charge in [0.25, 0.3) is 5.91 Å². The Bertz CT molecular complexity index is 846. The first kappa shape index (κ1) is 16.7. The fraction of sp³-hybridized carbons (Fsp3) is 0.105. The van der Waals surface area contributed by atoms with E-state index in [1.807, 2.05) is 36.6 Å². The number of carbonyl (C=O) groups is 1. The molecule has 1 heterocycles. The second-order valence-corrected chi connectivity index (χ2v) is 7.33. The number of nitrogens with one attached hydrogen (secondary N) is 1. The zero-order valence-electron chi connectivity index (χ0n) is 13.1. The van der Waals surface area contributed by atoms with E-state index in [1.54, 1.807) is 35.2 Å². The average molecular weight is 357 g/mol. The van der Waals surface area contributed by atoms with Gasteiger partial charge in [0.1, 0.15) is 5.82 Å². The number of hydrogen-bond donors (Lipinski definition) is 1. The Morgan fingerprint density at radius 1 is 1.17 bits per heavy atom. The highest BCUT2D eigenvalue weighted by atomic mass is 32.2. The van der Waals surface area contributed by atoms with Gasteiger partial charge in [-0.15, -0.1) is 23.1 Å². The van der Waals surface area contributed by atoms with Crippen LogP contribution < -0.4 is 5.32 Å². The van der Waals surface area contributed by atoms with Crippen molar-refractivity contribution in [1.29, 1.82) is 0 Å². The Kier molecular flexibility index (Phi) is 5.33. The van der Waals surface area contributed by atoms with Crippen molar-refractivity contribution in [3.8, 4) is 0 Å². The smallest absolute Gasteiger partial charge is 0.256 e. The molecule has 24 heavy (non-hydrogen) atoms. The van der Waals surface area contributed by atoms with Crippen molar-refractivity contribution in [2.45, 2.75) is 17.6 Å². The van der Waals surface area contributed by atoms with Gasteiger partial charge >= 0.3 is 0 Å². The third-order valence-electron chi connectivity index (χ3n) is 3.53.